The number of amides is 2. The molecule has 2 amide bonds. The largest absolute Gasteiger partial charge is 0.491 e. The van der Waals surface area contributed by atoms with Crippen LogP contribution in [0.4, 0.5) is 5.69 Å². The Morgan fingerprint density at radius 1 is 1.38 bits per heavy atom. The molecule has 1 aliphatic rings. The van der Waals surface area contributed by atoms with Crippen molar-refractivity contribution < 1.29 is 14.3 Å². The van der Waals surface area contributed by atoms with Gasteiger partial charge < -0.3 is 21.1 Å². The van der Waals surface area contributed by atoms with Gasteiger partial charge in [0, 0.05) is 19.0 Å². The van der Waals surface area contributed by atoms with Crippen molar-refractivity contribution in [1.82, 2.24) is 10.6 Å². The van der Waals surface area contributed by atoms with Crippen molar-refractivity contribution in [2.75, 3.05) is 18.9 Å². The molecular formula is C15H21N3O3. The van der Waals surface area contributed by atoms with Crippen molar-refractivity contribution in [3.63, 3.8) is 0 Å². The molecule has 0 heterocycles. The molecule has 1 aromatic rings. The summed E-state index contributed by atoms with van der Waals surface area (Å²) in [5, 5.41) is 5.59. The van der Waals surface area contributed by atoms with E-state index in [2.05, 4.69) is 10.6 Å². The quantitative estimate of drug-likeness (QED) is 0.655. The highest BCUT2D eigenvalue weighted by Crippen LogP contribution is 2.26. The summed E-state index contributed by atoms with van der Waals surface area (Å²) in [6.07, 6.45) is 2.38. The van der Waals surface area contributed by atoms with Gasteiger partial charge in [-0.15, -0.1) is 0 Å². The van der Waals surface area contributed by atoms with Crippen LogP contribution in [0.5, 0.6) is 5.75 Å². The molecule has 2 rings (SSSR count). The minimum absolute atomic E-state index is 0.0320. The highest BCUT2D eigenvalue weighted by molar-refractivity contribution is 5.98. The third-order valence-electron chi connectivity index (χ3n) is 3.16. The number of benzene rings is 1. The van der Waals surface area contributed by atoms with Crippen LogP contribution in [-0.2, 0) is 4.79 Å². The molecule has 1 aliphatic carbocycles. The second kappa shape index (κ2) is 6.97. The standard InChI is InChI=1S/C15H21N3O3/c1-2-21-14-11(4-3-5-12(14)16)15(20)17-9-8-13(19)18-10-6-7-10/h3-5,10H,2,6-9,16H2,1H3,(H,17,20)(H,18,19). The maximum atomic E-state index is 12.1. The Labute approximate surface area is 124 Å². The summed E-state index contributed by atoms with van der Waals surface area (Å²) in [5.41, 5.74) is 6.63. The summed E-state index contributed by atoms with van der Waals surface area (Å²) in [6.45, 7) is 2.55. The van der Waals surface area contributed by atoms with Crippen molar-refractivity contribution >= 4 is 17.5 Å². The molecule has 0 spiro atoms. The number of nitrogens with one attached hydrogen (secondary N) is 2. The van der Waals surface area contributed by atoms with Crippen molar-refractivity contribution in [2.45, 2.75) is 32.2 Å². The van der Waals surface area contributed by atoms with Gasteiger partial charge in [0.15, 0.2) is 5.75 Å². The van der Waals surface area contributed by atoms with Gasteiger partial charge in [0.25, 0.3) is 5.91 Å². The first kappa shape index (κ1) is 15.2. The number of hydrogen-bond donors (Lipinski definition) is 3. The van der Waals surface area contributed by atoms with E-state index in [1.165, 1.54) is 0 Å². The number of carbonyl (C=O) groups is 2. The SMILES string of the molecule is CCOc1c(N)cccc1C(=O)NCCC(=O)NC1CC1. The predicted octanol–water partition coefficient (Wildman–Crippen LogP) is 1.07. The van der Waals surface area contributed by atoms with Gasteiger partial charge in [-0.05, 0) is 31.9 Å². The third-order valence-corrected chi connectivity index (χ3v) is 3.16. The van der Waals surface area contributed by atoms with Crippen LogP contribution in [0.2, 0.25) is 0 Å². The Kier molecular flexibility index (Phi) is 5.03. The number of nitrogens with two attached hydrogens (primary N) is 1. The fourth-order valence-electron chi connectivity index (χ4n) is 1.95. The fourth-order valence-corrected chi connectivity index (χ4v) is 1.95. The molecule has 1 saturated carbocycles. The van der Waals surface area contributed by atoms with Gasteiger partial charge in [0.05, 0.1) is 17.9 Å². The second-order valence-corrected chi connectivity index (χ2v) is 5.00. The molecule has 114 valence electrons. The lowest BCUT2D eigenvalue weighted by atomic mass is 10.1. The van der Waals surface area contributed by atoms with E-state index >= 15 is 0 Å². The number of nitrogen functional groups attached to an aromatic ring is 1. The first-order chi connectivity index (χ1) is 10.1. The molecule has 4 N–H and O–H groups in total. The van der Waals surface area contributed by atoms with Gasteiger partial charge in [-0.1, -0.05) is 6.07 Å². The lowest BCUT2D eigenvalue weighted by Gasteiger charge is -2.12. The third kappa shape index (κ3) is 4.37. The van der Waals surface area contributed by atoms with E-state index in [9.17, 15) is 9.59 Å². The van der Waals surface area contributed by atoms with E-state index in [0.717, 1.165) is 12.8 Å². The fraction of sp³-hybridized carbons (Fsp3) is 0.467. The van der Waals surface area contributed by atoms with Crippen molar-refractivity contribution in [2.24, 2.45) is 0 Å². The Morgan fingerprint density at radius 2 is 2.14 bits per heavy atom. The van der Waals surface area contributed by atoms with Crippen LogP contribution in [0.1, 0.15) is 36.5 Å². The van der Waals surface area contributed by atoms with Gasteiger partial charge in [-0.25, -0.2) is 0 Å². The van der Waals surface area contributed by atoms with Crippen LogP contribution in [0.15, 0.2) is 18.2 Å². The molecule has 1 aromatic carbocycles. The highest BCUT2D eigenvalue weighted by atomic mass is 16.5. The molecule has 0 atom stereocenters. The van der Waals surface area contributed by atoms with E-state index in [4.69, 9.17) is 10.5 Å². The van der Waals surface area contributed by atoms with E-state index in [0.29, 0.717) is 29.6 Å². The van der Waals surface area contributed by atoms with Crippen LogP contribution < -0.4 is 21.1 Å². The van der Waals surface area contributed by atoms with Crippen LogP contribution >= 0.6 is 0 Å². The molecule has 0 aliphatic heterocycles. The molecule has 0 radical (unpaired) electrons. The molecule has 21 heavy (non-hydrogen) atoms. The summed E-state index contributed by atoms with van der Waals surface area (Å²) in [4.78, 5) is 23.7. The molecule has 1 fully saturated rings. The minimum atomic E-state index is -0.287. The predicted molar refractivity (Wildman–Crippen MR) is 80.1 cm³/mol. The Morgan fingerprint density at radius 3 is 2.81 bits per heavy atom. The zero-order valence-corrected chi connectivity index (χ0v) is 12.1. The molecule has 0 bridgehead atoms. The Bertz CT molecular complexity index is 527. The number of ether oxygens (including phenoxy) is 1. The van der Waals surface area contributed by atoms with Crippen molar-refractivity contribution in [3.05, 3.63) is 23.8 Å². The van der Waals surface area contributed by atoms with Crippen LogP contribution in [0, 0.1) is 0 Å². The zero-order chi connectivity index (χ0) is 15.2. The normalized spacial score (nSPS) is 13.6. The Balaban J connectivity index is 1.87. The Hall–Kier alpha value is -2.24. The summed E-state index contributed by atoms with van der Waals surface area (Å²) >= 11 is 0. The average molecular weight is 291 g/mol. The lowest BCUT2D eigenvalue weighted by Crippen LogP contribution is -2.31. The van der Waals surface area contributed by atoms with Crippen LogP contribution in [0.25, 0.3) is 0 Å². The van der Waals surface area contributed by atoms with Gasteiger partial charge in [0.2, 0.25) is 5.91 Å². The molecule has 6 heteroatoms. The van der Waals surface area contributed by atoms with E-state index < -0.39 is 0 Å². The molecule has 0 saturated heterocycles. The van der Waals surface area contributed by atoms with E-state index in [1.54, 1.807) is 18.2 Å². The number of hydrogen-bond acceptors (Lipinski definition) is 4. The summed E-state index contributed by atoms with van der Waals surface area (Å²) in [7, 11) is 0. The average Bonchev–Trinajstić information content (AvgIpc) is 3.25. The number of anilines is 1. The maximum absolute atomic E-state index is 12.1. The number of carbonyl (C=O) groups excluding carboxylic acids is 2. The summed E-state index contributed by atoms with van der Waals surface area (Å²) < 4.78 is 5.41. The van der Waals surface area contributed by atoms with E-state index in [-0.39, 0.29) is 24.8 Å². The lowest BCUT2D eigenvalue weighted by molar-refractivity contribution is -0.121. The number of para-hydroxylation sites is 1. The summed E-state index contributed by atoms with van der Waals surface area (Å²) in [6, 6.07) is 5.38. The highest BCUT2D eigenvalue weighted by Gasteiger charge is 2.23. The first-order valence-corrected chi connectivity index (χ1v) is 7.20. The van der Waals surface area contributed by atoms with Gasteiger partial charge >= 0.3 is 0 Å². The number of rotatable bonds is 7. The van der Waals surface area contributed by atoms with Crippen molar-refractivity contribution in [1.29, 1.82) is 0 Å². The maximum Gasteiger partial charge on any atom is 0.255 e. The van der Waals surface area contributed by atoms with Gasteiger partial charge in [-0.3, -0.25) is 9.59 Å². The molecule has 0 unspecified atom stereocenters. The van der Waals surface area contributed by atoms with Crippen LogP contribution in [0.3, 0.4) is 0 Å². The van der Waals surface area contributed by atoms with Gasteiger partial charge in [-0.2, -0.15) is 0 Å². The topological polar surface area (TPSA) is 93.4 Å². The van der Waals surface area contributed by atoms with Crippen molar-refractivity contribution in [3.8, 4) is 5.75 Å². The van der Waals surface area contributed by atoms with Gasteiger partial charge in [0.1, 0.15) is 0 Å². The van der Waals surface area contributed by atoms with E-state index in [1.807, 2.05) is 6.92 Å². The zero-order valence-electron chi connectivity index (χ0n) is 12.1. The monoisotopic (exact) mass is 291 g/mol. The summed E-state index contributed by atoms with van der Waals surface area (Å²) in [5.74, 6) is 0.0697. The molecular weight excluding hydrogens is 270 g/mol. The molecule has 0 aromatic heterocycles. The minimum Gasteiger partial charge on any atom is -0.491 e. The second-order valence-electron chi connectivity index (χ2n) is 5.00. The first-order valence-electron chi connectivity index (χ1n) is 7.20. The van der Waals surface area contributed by atoms with Crippen LogP contribution in [-0.4, -0.2) is 31.0 Å². The smallest absolute Gasteiger partial charge is 0.255 e. The molecule has 6 nitrogen and oxygen atoms in total.